The summed E-state index contributed by atoms with van der Waals surface area (Å²) >= 11 is 0. The summed E-state index contributed by atoms with van der Waals surface area (Å²) < 4.78 is 0. The molecule has 0 aliphatic heterocycles. The van der Waals surface area contributed by atoms with Gasteiger partial charge in [0.05, 0.1) is 0 Å². The van der Waals surface area contributed by atoms with Crippen molar-refractivity contribution >= 4 is 0 Å². The zero-order valence-electron chi connectivity index (χ0n) is 13.7. The predicted molar refractivity (Wildman–Crippen MR) is 89.3 cm³/mol. The van der Waals surface area contributed by atoms with Crippen molar-refractivity contribution < 1.29 is 0 Å². The molecule has 0 saturated carbocycles. The van der Waals surface area contributed by atoms with Gasteiger partial charge < -0.3 is 10.6 Å². The molecule has 3 atom stereocenters. The Hall–Kier alpha value is -0.860. The van der Waals surface area contributed by atoms with Crippen molar-refractivity contribution in [1.82, 2.24) is 10.6 Å². The minimum atomic E-state index is 0.525. The Bertz CT molecular complexity index is 337. The number of benzene rings is 1. The molecule has 0 heterocycles. The molecule has 1 aromatic carbocycles. The average molecular weight is 276 g/mol. The van der Waals surface area contributed by atoms with E-state index in [1.807, 2.05) is 0 Å². The van der Waals surface area contributed by atoms with E-state index in [4.69, 9.17) is 0 Å². The quantitative estimate of drug-likeness (QED) is 0.635. The normalized spacial score (nSPS) is 15.8. The molecule has 0 bridgehead atoms. The fraction of sp³-hybridized carbons (Fsp3) is 0.667. The second-order valence-corrected chi connectivity index (χ2v) is 5.92. The van der Waals surface area contributed by atoms with Crippen LogP contribution in [0.5, 0.6) is 0 Å². The van der Waals surface area contributed by atoms with Crippen LogP contribution in [-0.4, -0.2) is 25.7 Å². The SMILES string of the molecule is CCCNCC(C)NCC(c1ccccc1)C(C)CC. The van der Waals surface area contributed by atoms with E-state index < -0.39 is 0 Å². The van der Waals surface area contributed by atoms with Gasteiger partial charge in [-0.3, -0.25) is 0 Å². The van der Waals surface area contributed by atoms with Crippen LogP contribution in [0.4, 0.5) is 0 Å². The Kier molecular flexibility index (Phi) is 8.56. The van der Waals surface area contributed by atoms with E-state index >= 15 is 0 Å². The highest BCUT2D eigenvalue weighted by Crippen LogP contribution is 2.26. The first-order valence-corrected chi connectivity index (χ1v) is 8.18. The Morgan fingerprint density at radius 2 is 1.70 bits per heavy atom. The zero-order valence-corrected chi connectivity index (χ0v) is 13.7. The molecule has 3 unspecified atom stereocenters. The summed E-state index contributed by atoms with van der Waals surface area (Å²) in [5, 5.41) is 7.17. The Morgan fingerprint density at radius 1 is 1.00 bits per heavy atom. The van der Waals surface area contributed by atoms with Gasteiger partial charge in [-0.2, -0.15) is 0 Å². The van der Waals surface area contributed by atoms with E-state index in [-0.39, 0.29) is 0 Å². The molecule has 0 aliphatic carbocycles. The smallest absolute Gasteiger partial charge is 0.0164 e. The molecule has 0 aromatic heterocycles. The number of hydrogen-bond donors (Lipinski definition) is 2. The lowest BCUT2D eigenvalue weighted by Crippen LogP contribution is -2.39. The average Bonchev–Trinajstić information content (AvgIpc) is 2.48. The standard InChI is InChI=1S/C18H32N2/c1-5-12-19-13-16(4)20-14-18(15(3)6-2)17-10-8-7-9-11-17/h7-11,15-16,18-20H,5-6,12-14H2,1-4H3. The van der Waals surface area contributed by atoms with Crippen LogP contribution in [0.2, 0.25) is 0 Å². The van der Waals surface area contributed by atoms with Crippen molar-refractivity contribution in [1.29, 1.82) is 0 Å². The second kappa shape index (κ2) is 9.95. The van der Waals surface area contributed by atoms with E-state index in [0.29, 0.717) is 17.9 Å². The summed E-state index contributed by atoms with van der Waals surface area (Å²) in [5.41, 5.74) is 1.46. The topological polar surface area (TPSA) is 24.1 Å². The Balaban J connectivity index is 2.50. The first kappa shape index (κ1) is 17.2. The maximum Gasteiger partial charge on any atom is 0.0164 e. The fourth-order valence-corrected chi connectivity index (χ4v) is 2.53. The van der Waals surface area contributed by atoms with Crippen molar-refractivity contribution in [3.8, 4) is 0 Å². The molecule has 0 fully saturated rings. The van der Waals surface area contributed by atoms with E-state index in [9.17, 15) is 0 Å². The molecule has 114 valence electrons. The Labute approximate surface area is 125 Å². The lowest BCUT2D eigenvalue weighted by Gasteiger charge is -2.26. The van der Waals surface area contributed by atoms with Gasteiger partial charge in [0.15, 0.2) is 0 Å². The molecule has 1 aromatic rings. The monoisotopic (exact) mass is 276 g/mol. The van der Waals surface area contributed by atoms with Crippen LogP contribution >= 0.6 is 0 Å². The maximum absolute atomic E-state index is 3.69. The molecule has 2 heteroatoms. The third kappa shape index (κ3) is 6.06. The molecular weight excluding hydrogens is 244 g/mol. The molecule has 1 rings (SSSR count). The van der Waals surface area contributed by atoms with E-state index in [2.05, 4.69) is 68.7 Å². The van der Waals surface area contributed by atoms with Crippen LogP contribution in [0, 0.1) is 5.92 Å². The number of nitrogens with one attached hydrogen (secondary N) is 2. The molecule has 0 radical (unpaired) electrons. The first-order chi connectivity index (χ1) is 9.69. The molecule has 0 amide bonds. The summed E-state index contributed by atoms with van der Waals surface area (Å²) in [6, 6.07) is 11.4. The second-order valence-electron chi connectivity index (χ2n) is 5.92. The third-order valence-electron chi connectivity index (χ3n) is 4.12. The highest BCUT2D eigenvalue weighted by atomic mass is 15.0. The van der Waals surface area contributed by atoms with Gasteiger partial charge in [0, 0.05) is 19.1 Å². The van der Waals surface area contributed by atoms with Gasteiger partial charge in [-0.15, -0.1) is 0 Å². The van der Waals surface area contributed by atoms with Crippen molar-refractivity contribution in [3.63, 3.8) is 0 Å². The molecular formula is C18H32N2. The Morgan fingerprint density at radius 3 is 2.30 bits per heavy atom. The summed E-state index contributed by atoms with van der Waals surface area (Å²) in [4.78, 5) is 0. The van der Waals surface area contributed by atoms with Gasteiger partial charge in [-0.05, 0) is 37.3 Å². The van der Waals surface area contributed by atoms with E-state index in [0.717, 1.165) is 19.6 Å². The largest absolute Gasteiger partial charge is 0.315 e. The summed E-state index contributed by atoms with van der Waals surface area (Å²) in [6.07, 6.45) is 2.43. The van der Waals surface area contributed by atoms with Crippen molar-refractivity contribution in [2.24, 2.45) is 5.92 Å². The van der Waals surface area contributed by atoms with Gasteiger partial charge >= 0.3 is 0 Å². The van der Waals surface area contributed by atoms with Gasteiger partial charge in [-0.1, -0.05) is 57.5 Å². The van der Waals surface area contributed by atoms with Crippen LogP contribution in [-0.2, 0) is 0 Å². The van der Waals surface area contributed by atoms with Crippen molar-refractivity contribution in [2.75, 3.05) is 19.6 Å². The summed E-state index contributed by atoms with van der Waals surface area (Å²) in [6.45, 7) is 12.3. The van der Waals surface area contributed by atoms with Crippen LogP contribution < -0.4 is 10.6 Å². The number of hydrogen-bond acceptors (Lipinski definition) is 2. The van der Waals surface area contributed by atoms with Crippen molar-refractivity contribution in [2.45, 2.75) is 52.5 Å². The molecule has 0 aliphatic rings. The van der Waals surface area contributed by atoms with E-state index in [1.165, 1.54) is 18.4 Å². The minimum absolute atomic E-state index is 0.525. The molecule has 2 N–H and O–H groups in total. The van der Waals surface area contributed by atoms with Crippen molar-refractivity contribution in [3.05, 3.63) is 35.9 Å². The van der Waals surface area contributed by atoms with Crippen LogP contribution in [0.15, 0.2) is 30.3 Å². The molecule has 0 spiro atoms. The lowest BCUT2D eigenvalue weighted by molar-refractivity contribution is 0.394. The molecule has 2 nitrogen and oxygen atoms in total. The predicted octanol–water partition coefficient (Wildman–Crippen LogP) is 3.79. The first-order valence-electron chi connectivity index (χ1n) is 8.18. The van der Waals surface area contributed by atoms with E-state index in [1.54, 1.807) is 0 Å². The zero-order chi connectivity index (χ0) is 14.8. The van der Waals surface area contributed by atoms with Crippen LogP contribution in [0.25, 0.3) is 0 Å². The molecule has 20 heavy (non-hydrogen) atoms. The maximum atomic E-state index is 3.69. The fourth-order valence-electron chi connectivity index (χ4n) is 2.53. The van der Waals surface area contributed by atoms with Gasteiger partial charge in [0.25, 0.3) is 0 Å². The highest BCUT2D eigenvalue weighted by molar-refractivity contribution is 5.20. The third-order valence-corrected chi connectivity index (χ3v) is 4.12. The lowest BCUT2D eigenvalue weighted by atomic mass is 9.85. The van der Waals surface area contributed by atoms with Gasteiger partial charge in [-0.25, -0.2) is 0 Å². The minimum Gasteiger partial charge on any atom is -0.315 e. The van der Waals surface area contributed by atoms with Crippen LogP contribution in [0.1, 0.15) is 52.0 Å². The summed E-state index contributed by atoms with van der Waals surface area (Å²) in [7, 11) is 0. The van der Waals surface area contributed by atoms with Gasteiger partial charge in [0.1, 0.15) is 0 Å². The van der Waals surface area contributed by atoms with Crippen LogP contribution in [0.3, 0.4) is 0 Å². The molecule has 0 saturated heterocycles. The number of rotatable bonds is 10. The van der Waals surface area contributed by atoms with Gasteiger partial charge in [0.2, 0.25) is 0 Å². The highest BCUT2D eigenvalue weighted by Gasteiger charge is 2.18. The summed E-state index contributed by atoms with van der Waals surface area (Å²) in [5.74, 6) is 1.32.